The number of nitrogens with zero attached hydrogens (tertiary/aromatic N) is 1. The molecule has 0 fully saturated rings. The minimum absolute atomic E-state index is 0.774. The number of aromatic nitrogens is 1. The lowest BCUT2D eigenvalue weighted by Gasteiger charge is -1.99. The molecule has 1 heterocycles. The largest absolute Gasteiger partial charge is 0.350 e. The number of para-hydroxylation sites is 1. The van der Waals surface area contributed by atoms with Gasteiger partial charge in [0.25, 0.3) is 0 Å². The molecule has 3 aromatic rings. The Labute approximate surface area is 105 Å². The monoisotopic (exact) mass is 241 g/mol. The van der Waals surface area contributed by atoms with Crippen LogP contribution in [0.25, 0.3) is 22.0 Å². The van der Waals surface area contributed by atoms with Crippen molar-refractivity contribution in [2.75, 3.05) is 0 Å². The normalized spacial score (nSPS) is 10.9. The van der Waals surface area contributed by atoms with Crippen molar-refractivity contribution < 1.29 is 0 Å². The highest BCUT2D eigenvalue weighted by molar-refractivity contribution is 6.30. The van der Waals surface area contributed by atoms with E-state index in [2.05, 4.69) is 48.1 Å². The van der Waals surface area contributed by atoms with Gasteiger partial charge in [-0.25, -0.2) is 0 Å². The van der Waals surface area contributed by atoms with Gasteiger partial charge in [-0.15, -0.1) is 0 Å². The average molecular weight is 242 g/mol. The van der Waals surface area contributed by atoms with E-state index in [0.717, 1.165) is 10.6 Å². The first-order valence-corrected chi connectivity index (χ1v) is 5.93. The Morgan fingerprint density at radius 2 is 1.82 bits per heavy atom. The van der Waals surface area contributed by atoms with Crippen molar-refractivity contribution >= 4 is 22.5 Å². The number of benzene rings is 2. The van der Waals surface area contributed by atoms with E-state index >= 15 is 0 Å². The molecule has 84 valence electrons. The first-order chi connectivity index (χ1) is 8.25. The van der Waals surface area contributed by atoms with Crippen molar-refractivity contribution in [3.05, 3.63) is 59.8 Å². The summed E-state index contributed by atoms with van der Waals surface area (Å²) in [5.41, 5.74) is 3.63. The highest BCUT2D eigenvalue weighted by Gasteiger charge is 2.07. The van der Waals surface area contributed by atoms with Crippen molar-refractivity contribution in [3.8, 4) is 11.1 Å². The molecule has 0 aliphatic heterocycles. The van der Waals surface area contributed by atoms with Crippen molar-refractivity contribution in [2.24, 2.45) is 7.05 Å². The third kappa shape index (κ3) is 1.73. The smallest absolute Gasteiger partial charge is 0.0484 e. The first kappa shape index (κ1) is 10.4. The molecule has 3 rings (SSSR count). The van der Waals surface area contributed by atoms with Crippen LogP contribution in [0.5, 0.6) is 0 Å². The van der Waals surface area contributed by atoms with E-state index in [1.807, 2.05) is 18.2 Å². The maximum atomic E-state index is 6.05. The third-order valence-electron chi connectivity index (χ3n) is 3.03. The van der Waals surface area contributed by atoms with Crippen LogP contribution in [-0.4, -0.2) is 4.57 Å². The number of halogens is 1. The Bertz CT molecular complexity index is 682. The Morgan fingerprint density at radius 1 is 1.00 bits per heavy atom. The van der Waals surface area contributed by atoms with Crippen LogP contribution in [-0.2, 0) is 7.05 Å². The highest BCUT2D eigenvalue weighted by atomic mass is 35.5. The van der Waals surface area contributed by atoms with Crippen LogP contribution in [0, 0.1) is 0 Å². The van der Waals surface area contributed by atoms with Gasteiger partial charge in [0.2, 0.25) is 0 Å². The maximum absolute atomic E-state index is 6.05. The quantitative estimate of drug-likeness (QED) is 0.591. The Balaban J connectivity index is 2.31. The Kier molecular flexibility index (Phi) is 2.41. The summed E-state index contributed by atoms with van der Waals surface area (Å²) in [7, 11) is 2.07. The van der Waals surface area contributed by atoms with Gasteiger partial charge in [0, 0.05) is 34.7 Å². The molecule has 0 amide bonds. The fourth-order valence-corrected chi connectivity index (χ4v) is 2.42. The van der Waals surface area contributed by atoms with Crippen LogP contribution in [0.3, 0.4) is 0 Å². The molecule has 0 spiro atoms. The summed E-state index contributed by atoms with van der Waals surface area (Å²) in [5, 5.41) is 2.03. The molecule has 0 unspecified atom stereocenters. The molecular formula is C15H12ClN. The van der Waals surface area contributed by atoms with Gasteiger partial charge < -0.3 is 4.57 Å². The number of fused-ring (bicyclic) bond motifs is 1. The molecule has 0 radical (unpaired) electrons. The lowest BCUT2D eigenvalue weighted by molar-refractivity contribution is 0.970. The fraction of sp³-hybridized carbons (Fsp3) is 0.0667. The van der Waals surface area contributed by atoms with E-state index in [4.69, 9.17) is 11.6 Å². The molecule has 2 heteroatoms. The minimum Gasteiger partial charge on any atom is -0.350 e. The van der Waals surface area contributed by atoms with Crippen LogP contribution in [0.2, 0.25) is 5.02 Å². The van der Waals surface area contributed by atoms with Gasteiger partial charge in [-0.2, -0.15) is 0 Å². The van der Waals surface area contributed by atoms with Crippen LogP contribution < -0.4 is 0 Å². The zero-order chi connectivity index (χ0) is 11.8. The molecule has 0 atom stereocenters. The van der Waals surface area contributed by atoms with E-state index in [1.165, 1.54) is 16.5 Å². The molecule has 2 aromatic carbocycles. The van der Waals surface area contributed by atoms with Crippen molar-refractivity contribution in [3.63, 3.8) is 0 Å². The summed E-state index contributed by atoms with van der Waals surface area (Å²) < 4.78 is 2.14. The lowest BCUT2D eigenvalue weighted by atomic mass is 10.1. The second-order valence-corrected chi connectivity index (χ2v) is 4.62. The van der Waals surface area contributed by atoms with E-state index in [1.54, 1.807) is 0 Å². The lowest BCUT2D eigenvalue weighted by Crippen LogP contribution is -1.81. The molecule has 0 N–H and O–H groups in total. The summed E-state index contributed by atoms with van der Waals surface area (Å²) in [4.78, 5) is 0. The molecule has 1 nitrogen and oxygen atoms in total. The molecule has 0 aliphatic rings. The standard InChI is InChI=1S/C15H12ClN/c1-17-10-14(11-5-4-6-12(16)9-11)13-7-2-3-8-15(13)17/h2-10H,1H3. The topological polar surface area (TPSA) is 4.93 Å². The van der Waals surface area contributed by atoms with Gasteiger partial charge in [-0.05, 0) is 23.8 Å². The Morgan fingerprint density at radius 3 is 2.65 bits per heavy atom. The zero-order valence-corrected chi connectivity index (χ0v) is 10.3. The number of rotatable bonds is 1. The van der Waals surface area contributed by atoms with Gasteiger partial charge in [-0.1, -0.05) is 41.9 Å². The van der Waals surface area contributed by atoms with Crippen LogP contribution >= 0.6 is 11.6 Å². The maximum Gasteiger partial charge on any atom is 0.0484 e. The summed E-state index contributed by atoms with van der Waals surface area (Å²) >= 11 is 6.05. The number of hydrogen-bond acceptors (Lipinski definition) is 0. The first-order valence-electron chi connectivity index (χ1n) is 5.56. The second kappa shape index (κ2) is 3.94. The van der Waals surface area contributed by atoms with Crippen molar-refractivity contribution in [1.82, 2.24) is 4.57 Å². The van der Waals surface area contributed by atoms with Gasteiger partial charge >= 0.3 is 0 Å². The molecule has 17 heavy (non-hydrogen) atoms. The van der Waals surface area contributed by atoms with Gasteiger partial charge in [0.15, 0.2) is 0 Å². The zero-order valence-electron chi connectivity index (χ0n) is 9.52. The minimum atomic E-state index is 0.774. The number of hydrogen-bond donors (Lipinski definition) is 0. The predicted molar refractivity (Wildman–Crippen MR) is 73.4 cm³/mol. The van der Waals surface area contributed by atoms with Crippen LogP contribution in [0.15, 0.2) is 54.7 Å². The third-order valence-corrected chi connectivity index (χ3v) is 3.27. The number of aryl methyl sites for hydroxylation is 1. The van der Waals surface area contributed by atoms with Gasteiger partial charge in [0.05, 0.1) is 0 Å². The summed E-state index contributed by atoms with van der Waals surface area (Å²) in [6.45, 7) is 0. The average Bonchev–Trinajstić information content (AvgIpc) is 2.68. The van der Waals surface area contributed by atoms with Gasteiger partial charge in [-0.3, -0.25) is 0 Å². The van der Waals surface area contributed by atoms with Crippen LogP contribution in [0.4, 0.5) is 0 Å². The van der Waals surface area contributed by atoms with Crippen LogP contribution in [0.1, 0.15) is 0 Å². The van der Waals surface area contributed by atoms with E-state index in [-0.39, 0.29) is 0 Å². The molecule has 0 saturated heterocycles. The molecule has 1 aromatic heterocycles. The second-order valence-electron chi connectivity index (χ2n) is 4.18. The molecular weight excluding hydrogens is 230 g/mol. The molecule has 0 bridgehead atoms. The Hall–Kier alpha value is -1.73. The fourth-order valence-electron chi connectivity index (χ4n) is 2.23. The summed E-state index contributed by atoms with van der Waals surface area (Å²) in [6.07, 6.45) is 2.15. The van der Waals surface area contributed by atoms with Crippen molar-refractivity contribution in [2.45, 2.75) is 0 Å². The van der Waals surface area contributed by atoms with Gasteiger partial charge in [0.1, 0.15) is 0 Å². The molecule has 0 aliphatic carbocycles. The summed E-state index contributed by atoms with van der Waals surface area (Å²) in [6, 6.07) is 16.4. The summed E-state index contributed by atoms with van der Waals surface area (Å²) in [5.74, 6) is 0. The van der Waals surface area contributed by atoms with Crippen molar-refractivity contribution in [1.29, 1.82) is 0 Å². The molecule has 0 saturated carbocycles. The highest BCUT2D eigenvalue weighted by Crippen LogP contribution is 2.31. The SMILES string of the molecule is Cn1cc(-c2cccc(Cl)c2)c2ccccc21. The van der Waals surface area contributed by atoms with E-state index in [0.29, 0.717) is 0 Å². The van der Waals surface area contributed by atoms with E-state index in [9.17, 15) is 0 Å². The van der Waals surface area contributed by atoms with E-state index < -0.39 is 0 Å². The predicted octanol–water partition coefficient (Wildman–Crippen LogP) is 4.50.